The van der Waals surface area contributed by atoms with Crippen LogP contribution in [0.15, 0.2) is 22.8 Å². The molecule has 2 N–H and O–H groups in total. The average molecular weight is 273 g/mol. The van der Waals surface area contributed by atoms with Crippen LogP contribution in [-0.2, 0) is 0 Å². The van der Waals surface area contributed by atoms with E-state index in [1.165, 1.54) is 0 Å². The number of nitrogens with one attached hydrogen (secondary N) is 1. The summed E-state index contributed by atoms with van der Waals surface area (Å²) in [6.45, 7) is 3.23. The number of anilines is 1. The maximum Gasteiger partial charge on any atom is 0.125 e. The molecule has 0 aromatic carbocycles. The predicted octanol–water partition coefficient (Wildman–Crippen LogP) is 2.66. The summed E-state index contributed by atoms with van der Waals surface area (Å²) in [6, 6.07) is 3.91. The van der Waals surface area contributed by atoms with Gasteiger partial charge in [0.25, 0.3) is 0 Å². The topological polar surface area (TPSA) is 45.1 Å². The molecular formula is C11H17BrN2O. The Labute approximate surface area is 99.1 Å². The van der Waals surface area contributed by atoms with E-state index in [9.17, 15) is 0 Å². The molecule has 0 aliphatic carbocycles. The Morgan fingerprint density at radius 2 is 2.33 bits per heavy atom. The fourth-order valence-electron chi connectivity index (χ4n) is 1.24. The van der Waals surface area contributed by atoms with E-state index in [1.807, 2.05) is 12.1 Å². The van der Waals surface area contributed by atoms with Gasteiger partial charge in [0.2, 0.25) is 0 Å². The van der Waals surface area contributed by atoms with E-state index >= 15 is 0 Å². The minimum atomic E-state index is 0.274. The molecule has 4 heteroatoms. The predicted molar refractivity (Wildman–Crippen MR) is 65.9 cm³/mol. The van der Waals surface area contributed by atoms with E-state index in [0.29, 0.717) is 5.92 Å². The molecule has 1 atom stereocenters. The fraction of sp³-hybridized carbons (Fsp3) is 0.545. The van der Waals surface area contributed by atoms with Crippen LogP contribution in [0, 0.1) is 5.92 Å². The lowest BCUT2D eigenvalue weighted by Gasteiger charge is -2.08. The zero-order chi connectivity index (χ0) is 11.1. The quantitative estimate of drug-likeness (QED) is 0.783. The Kier molecular flexibility index (Phi) is 5.65. The number of rotatable bonds is 6. The standard InChI is InChI=1S/C11H17BrN2O/c1-9(8-15)3-2-6-13-11-5-4-10(12)7-14-11/h4-5,7,9,15H,2-3,6,8H2,1H3,(H,13,14). The Morgan fingerprint density at radius 3 is 2.93 bits per heavy atom. The number of nitrogens with zero attached hydrogens (tertiary/aromatic N) is 1. The second-order valence-electron chi connectivity index (χ2n) is 3.72. The molecule has 0 saturated carbocycles. The van der Waals surface area contributed by atoms with Gasteiger partial charge < -0.3 is 10.4 Å². The van der Waals surface area contributed by atoms with Crippen LogP contribution in [-0.4, -0.2) is 23.2 Å². The Hall–Kier alpha value is -0.610. The van der Waals surface area contributed by atoms with Crippen molar-refractivity contribution in [3.05, 3.63) is 22.8 Å². The van der Waals surface area contributed by atoms with Crippen molar-refractivity contribution in [3.63, 3.8) is 0 Å². The molecule has 0 spiro atoms. The van der Waals surface area contributed by atoms with E-state index in [-0.39, 0.29) is 6.61 Å². The van der Waals surface area contributed by atoms with Gasteiger partial charge in [-0.15, -0.1) is 0 Å². The van der Waals surface area contributed by atoms with E-state index in [1.54, 1.807) is 6.20 Å². The molecule has 0 aliphatic heterocycles. The van der Waals surface area contributed by atoms with Gasteiger partial charge >= 0.3 is 0 Å². The highest BCUT2D eigenvalue weighted by atomic mass is 79.9. The first-order chi connectivity index (χ1) is 7.22. The van der Waals surface area contributed by atoms with E-state index in [4.69, 9.17) is 5.11 Å². The van der Waals surface area contributed by atoms with Crippen molar-refractivity contribution in [3.8, 4) is 0 Å². The van der Waals surface area contributed by atoms with Crippen LogP contribution in [0.5, 0.6) is 0 Å². The smallest absolute Gasteiger partial charge is 0.125 e. The first-order valence-corrected chi connectivity index (χ1v) is 5.98. The first-order valence-electron chi connectivity index (χ1n) is 5.18. The van der Waals surface area contributed by atoms with Gasteiger partial charge in [-0.1, -0.05) is 6.92 Å². The average Bonchev–Trinajstić information content (AvgIpc) is 2.26. The molecule has 0 fully saturated rings. The van der Waals surface area contributed by atoms with Crippen LogP contribution in [0.3, 0.4) is 0 Å². The molecule has 0 amide bonds. The number of aliphatic hydroxyl groups is 1. The lowest BCUT2D eigenvalue weighted by molar-refractivity contribution is 0.229. The molecule has 0 radical (unpaired) electrons. The number of pyridine rings is 1. The summed E-state index contributed by atoms with van der Waals surface area (Å²) in [4.78, 5) is 4.21. The minimum absolute atomic E-state index is 0.274. The summed E-state index contributed by atoms with van der Waals surface area (Å²) in [6.07, 6.45) is 3.87. The van der Waals surface area contributed by atoms with Crippen LogP contribution in [0.4, 0.5) is 5.82 Å². The Morgan fingerprint density at radius 1 is 1.53 bits per heavy atom. The SMILES string of the molecule is CC(CO)CCCNc1ccc(Br)cn1. The summed E-state index contributed by atoms with van der Waals surface area (Å²) in [5, 5.41) is 12.1. The third-order valence-electron chi connectivity index (χ3n) is 2.22. The van der Waals surface area contributed by atoms with Crippen molar-refractivity contribution < 1.29 is 5.11 Å². The highest BCUT2D eigenvalue weighted by Crippen LogP contribution is 2.11. The lowest BCUT2D eigenvalue weighted by atomic mass is 10.1. The zero-order valence-corrected chi connectivity index (χ0v) is 10.5. The molecule has 84 valence electrons. The van der Waals surface area contributed by atoms with Crippen LogP contribution in [0.2, 0.25) is 0 Å². The van der Waals surface area contributed by atoms with Gasteiger partial charge in [-0.25, -0.2) is 4.98 Å². The number of aliphatic hydroxyl groups excluding tert-OH is 1. The van der Waals surface area contributed by atoms with E-state index in [0.717, 1.165) is 29.7 Å². The van der Waals surface area contributed by atoms with Gasteiger partial charge in [-0.05, 0) is 46.8 Å². The molecule has 1 heterocycles. The molecule has 0 aliphatic rings. The summed E-state index contributed by atoms with van der Waals surface area (Å²) in [5.41, 5.74) is 0. The maximum absolute atomic E-state index is 8.84. The molecule has 0 bridgehead atoms. The lowest BCUT2D eigenvalue weighted by Crippen LogP contribution is -2.07. The molecule has 1 unspecified atom stereocenters. The summed E-state index contributed by atoms with van der Waals surface area (Å²) < 4.78 is 0.988. The van der Waals surface area contributed by atoms with Crippen molar-refractivity contribution >= 4 is 21.7 Å². The number of hydrogen-bond acceptors (Lipinski definition) is 3. The van der Waals surface area contributed by atoms with Crippen LogP contribution >= 0.6 is 15.9 Å². The van der Waals surface area contributed by atoms with Crippen LogP contribution < -0.4 is 5.32 Å². The molecule has 3 nitrogen and oxygen atoms in total. The maximum atomic E-state index is 8.84. The van der Waals surface area contributed by atoms with E-state index in [2.05, 4.69) is 33.2 Å². The summed E-state index contributed by atoms with van der Waals surface area (Å²) in [7, 11) is 0. The van der Waals surface area contributed by atoms with Crippen molar-refractivity contribution in [1.29, 1.82) is 0 Å². The highest BCUT2D eigenvalue weighted by molar-refractivity contribution is 9.10. The van der Waals surface area contributed by atoms with Gasteiger partial charge in [0.15, 0.2) is 0 Å². The second-order valence-corrected chi connectivity index (χ2v) is 4.63. The van der Waals surface area contributed by atoms with Crippen molar-refractivity contribution in [2.45, 2.75) is 19.8 Å². The van der Waals surface area contributed by atoms with Gasteiger partial charge in [-0.2, -0.15) is 0 Å². The Balaban J connectivity index is 2.17. The molecule has 1 rings (SSSR count). The van der Waals surface area contributed by atoms with Crippen LogP contribution in [0.1, 0.15) is 19.8 Å². The number of halogens is 1. The Bertz CT molecular complexity index is 276. The largest absolute Gasteiger partial charge is 0.396 e. The molecular weight excluding hydrogens is 256 g/mol. The first kappa shape index (κ1) is 12.5. The van der Waals surface area contributed by atoms with Crippen molar-refractivity contribution in [2.24, 2.45) is 5.92 Å². The fourth-order valence-corrected chi connectivity index (χ4v) is 1.47. The highest BCUT2D eigenvalue weighted by Gasteiger charge is 1.99. The third kappa shape index (κ3) is 5.14. The molecule has 1 aromatic rings. The van der Waals surface area contributed by atoms with E-state index < -0.39 is 0 Å². The van der Waals surface area contributed by atoms with Gasteiger partial charge in [0.1, 0.15) is 5.82 Å². The van der Waals surface area contributed by atoms with Gasteiger partial charge in [0, 0.05) is 23.8 Å². The van der Waals surface area contributed by atoms with Crippen LogP contribution in [0.25, 0.3) is 0 Å². The number of hydrogen-bond donors (Lipinski definition) is 2. The summed E-state index contributed by atoms with van der Waals surface area (Å²) in [5.74, 6) is 1.29. The summed E-state index contributed by atoms with van der Waals surface area (Å²) >= 11 is 3.34. The van der Waals surface area contributed by atoms with Crippen molar-refractivity contribution in [2.75, 3.05) is 18.5 Å². The van der Waals surface area contributed by atoms with Gasteiger partial charge in [-0.3, -0.25) is 0 Å². The molecule has 0 saturated heterocycles. The normalized spacial score (nSPS) is 12.5. The van der Waals surface area contributed by atoms with Gasteiger partial charge in [0.05, 0.1) is 0 Å². The minimum Gasteiger partial charge on any atom is -0.396 e. The number of aromatic nitrogens is 1. The second kappa shape index (κ2) is 6.80. The van der Waals surface area contributed by atoms with Crippen molar-refractivity contribution in [1.82, 2.24) is 4.98 Å². The monoisotopic (exact) mass is 272 g/mol. The molecule has 1 aromatic heterocycles. The third-order valence-corrected chi connectivity index (χ3v) is 2.69. The zero-order valence-electron chi connectivity index (χ0n) is 8.91. The molecule has 15 heavy (non-hydrogen) atoms.